The van der Waals surface area contributed by atoms with Crippen LogP contribution >= 0.6 is 0 Å². The lowest BCUT2D eigenvalue weighted by molar-refractivity contribution is 0.185. The van der Waals surface area contributed by atoms with E-state index in [4.69, 9.17) is 4.74 Å². The highest BCUT2D eigenvalue weighted by Crippen LogP contribution is 2.21. The Balaban J connectivity index is 2.03. The first kappa shape index (κ1) is 13.4. The maximum Gasteiger partial charge on any atom is 0.0713 e. The van der Waals surface area contributed by atoms with Crippen LogP contribution in [0.15, 0.2) is 24.3 Å². The Kier molecular flexibility index (Phi) is 5.02. The summed E-state index contributed by atoms with van der Waals surface area (Å²) >= 11 is 0. The minimum atomic E-state index is 0.634. The molecule has 1 aromatic rings. The summed E-state index contributed by atoms with van der Waals surface area (Å²) in [4.78, 5) is 2.48. The van der Waals surface area contributed by atoms with Gasteiger partial charge in [-0.25, -0.2) is 0 Å². The summed E-state index contributed by atoms with van der Waals surface area (Å²) < 4.78 is 5.20. The molecule has 1 aromatic carbocycles. The third-order valence-electron chi connectivity index (χ3n) is 3.50. The second-order valence-corrected chi connectivity index (χ2v) is 4.95. The zero-order valence-corrected chi connectivity index (χ0v) is 11.5. The van der Waals surface area contributed by atoms with E-state index in [0.717, 1.165) is 13.1 Å². The average molecular weight is 248 g/mol. The van der Waals surface area contributed by atoms with Gasteiger partial charge in [0.15, 0.2) is 0 Å². The van der Waals surface area contributed by atoms with Crippen molar-refractivity contribution >= 4 is 5.69 Å². The highest BCUT2D eigenvalue weighted by Gasteiger charge is 2.19. The van der Waals surface area contributed by atoms with Crippen LogP contribution in [-0.2, 0) is 11.3 Å². The highest BCUT2D eigenvalue weighted by molar-refractivity contribution is 5.49. The van der Waals surface area contributed by atoms with Crippen molar-refractivity contribution in [2.75, 3.05) is 31.6 Å². The number of benzene rings is 1. The summed E-state index contributed by atoms with van der Waals surface area (Å²) in [5.41, 5.74) is 2.58. The number of nitrogens with zero attached hydrogens (tertiary/aromatic N) is 1. The summed E-state index contributed by atoms with van der Waals surface area (Å²) in [6.07, 6.45) is 2.56. The van der Waals surface area contributed by atoms with Gasteiger partial charge in [0.2, 0.25) is 0 Å². The van der Waals surface area contributed by atoms with E-state index in [2.05, 4.69) is 41.4 Å². The number of hydrogen-bond donors (Lipinski definition) is 1. The monoisotopic (exact) mass is 248 g/mol. The fraction of sp³-hybridized carbons (Fsp3) is 0.600. The average Bonchev–Trinajstić information content (AvgIpc) is 2.40. The molecule has 1 aliphatic heterocycles. The number of rotatable bonds is 5. The van der Waals surface area contributed by atoms with Crippen LogP contribution in [0.4, 0.5) is 5.69 Å². The molecule has 100 valence electrons. The van der Waals surface area contributed by atoms with Crippen LogP contribution < -0.4 is 10.2 Å². The SMILES string of the molecule is CCNC1CCCN(c2cccc(COC)c2)C1. The molecule has 3 heteroatoms. The molecule has 0 radical (unpaired) electrons. The minimum absolute atomic E-state index is 0.634. The van der Waals surface area contributed by atoms with E-state index in [-0.39, 0.29) is 0 Å². The van der Waals surface area contributed by atoms with Gasteiger partial charge in [-0.1, -0.05) is 19.1 Å². The Morgan fingerprint density at radius 2 is 2.33 bits per heavy atom. The van der Waals surface area contributed by atoms with Gasteiger partial charge in [0.25, 0.3) is 0 Å². The Hall–Kier alpha value is -1.06. The first-order valence-corrected chi connectivity index (χ1v) is 6.89. The lowest BCUT2D eigenvalue weighted by Gasteiger charge is -2.35. The summed E-state index contributed by atoms with van der Waals surface area (Å²) in [6.45, 7) is 6.21. The second-order valence-electron chi connectivity index (χ2n) is 4.95. The molecule has 1 fully saturated rings. The lowest BCUT2D eigenvalue weighted by Crippen LogP contribution is -2.45. The molecule has 2 rings (SSSR count). The van der Waals surface area contributed by atoms with Gasteiger partial charge in [-0.15, -0.1) is 0 Å². The molecule has 1 aliphatic rings. The van der Waals surface area contributed by atoms with Gasteiger partial charge < -0.3 is 15.0 Å². The predicted molar refractivity (Wildman–Crippen MR) is 76.1 cm³/mol. The molecule has 1 heterocycles. The third-order valence-corrected chi connectivity index (χ3v) is 3.50. The maximum atomic E-state index is 5.20. The van der Waals surface area contributed by atoms with E-state index >= 15 is 0 Å². The molecule has 3 nitrogen and oxygen atoms in total. The molecular formula is C15H24N2O. The Morgan fingerprint density at radius 1 is 1.44 bits per heavy atom. The van der Waals surface area contributed by atoms with E-state index in [9.17, 15) is 0 Å². The molecule has 0 aliphatic carbocycles. The van der Waals surface area contributed by atoms with Crippen molar-refractivity contribution in [1.29, 1.82) is 0 Å². The van der Waals surface area contributed by atoms with Crippen LogP contribution in [0.2, 0.25) is 0 Å². The van der Waals surface area contributed by atoms with E-state index in [0.29, 0.717) is 12.6 Å². The zero-order valence-electron chi connectivity index (χ0n) is 11.5. The molecular weight excluding hydrogens is 224 g/mol. The van der Waals surface area contributed by atoms with Crippen molar-refractivity contribution in [2.45, 2.75) is 32.4 Å². The summed E-state index contributed by atoms with van der Waals surface area (Å²) in [5, 5.41) is 3.56. The molecule has 18 heavy (non-hydrogen) atoms. The van der Waals surface area contributed by atoms with E-state index < -0.39 is 0 Å². The molecule has 1 saturated heterocycles. The molecule has 0 saturated carbocycles. The van der Waals surface area contributed by atoms with Crippen molar-refractivity contribution in [3.63, 3.8) is 0 Å². The quantitative estimate of drug-likeness (QED) is 0.866. The van der Waals surface area contributed by atoms with Gasteiger partial charge in [-0.05, 0) is 37.1 Å². The van der Waals surface area contributed by atoms with E-state index in [1.807, 2.05) is 0 Å². The van der Waals surface area contributed by atoms with Gasteiger partial charge in [0, 0.05) is 31.9 Å². The van der Waals surface area contributed by atoms with Crippen molar-refractivity contribution < 1.29 is 4.74 Å². The summed E-state index contributed by atoms with van der Waals surface area (Å²) in [5.74, 6) is 0. The van der Waals surface area contributed by atoms with Crippen molar-refractivity contribution in [2.24, 2.45) is 0 Å². The summed E-state index contributed by atoms with van der Waals surface area (Å²) in [7, 11) is 1.74. The smallest absolute Gasteiger partial charge is 0.0713 e. The Labute approximate surface area is 110 Å². The first-order valence-electron chi connectivity index (χ1n) is 6.89. The lowest BCUT2D eigenvalue weighted by atomic mass is 10.0. The number of piperidine rings is 1. The predicted octanol–water partition coefficient (Wildman–Crippen LogP) is 2.41. The molecule has 1 unspecified atom stereocenters. The standard InChI is InChI=1S/C15H24N2O/c1-3-16-14-7-5-9-17(11-14)15-8-4-6-13(10-15)12-18-2/h4,6,8,10,14,16H,3,5,7,9,11-12H2,1-2H3. The Morgan fingerprint density at radius 3 is 3.11 bits per heavy atom. The summed E-state index contributed by atoms with van der Waals surface area (Å²) in [6, 6.07) is 9.33. The van der Waals surface area contributed by atoms with Gasteiger partial charge in [0.1, 0.15) is 0 Å². The number of hydrogen-bond acceptors (Lipinski definition) is 3. The maximum absolute atomic E-state index is 5.20. The van der Waals surface area contributed by atoms with Gasteiger partial charge in [-0.2, -0.15) is 0 Å². The first-order chi connectivity index (χ1) is 8.83. The number of ether oxygens (including phenoxy) is 1. The van der Waals surface area contributed by atoms with Crippen LogP contribution in [0, 0.1) is 0 Å². The number of nitrogens with one attached hydrogen (secondary N) is 1. The molecule has 0 aromatic heterocycles. The van der Waals surface area contributed by atoms with E-state index in [1.54, 1.807) is 7.11 Å². The van der Waals surface area contributed by atoms with Crippen molar-refractivity contribution in [1.82, 2.24) is 5.32 Å². The molecule has 0 spiro atoms. The number of methoxy groups -OCH3 is 1. The minimum Gasteiger partial charge on any atom is -0.380 e. The molecule has 1 N–H and O–H groups in total. The van der Waals surface area contributed by atoms with Crippen LogP contribution in [0.1, 0.15) is 25.3 Å². The topological polar surface area (TPSA) is 24.5 Å². The normalized spacial score (nSPS) is 20.1. The van der Waals surface area contributed by atoms with Crippen LogP contribution in [0.25, 0.3) is 0 Å². The van der Waals surface area contributed by atoms with E-state index in [1.165, 1.54) is 30.6 Å². The third kappa shape index (κ3) is 3.47. The fourth-order valence-electron chi connectivity index (χ4n) is 2.68. The van der Waals surface area contributed by atoms with Crippen molar-refractivity contribution in [3.8, 4) is 0 Å². The van der Waals surface area contributed by atoms with Gasteiger partial charge in [-0.3, -0.25) is 0 Å². The van der Waals surface area contributed by atoms with Gasteiger partial charge >= 0.3 is 0 Å². The molecule has 0 bridgehead atoms. The largest absolute Gasteiger partial charge is 0.380 e. The number of likely N-dealkylation sites (N-methyl/N-ethyl adjacent to an activating group) is 1. The van der Waals surface area contributed by atoms with Crippen LogP contribution in [0.5, 0.6) is 0 Å². The van der Waals surface area contributed by atoms with Crippen LogP contribution in [-0.4, -0.2) is 32.8 Å². The fourth-order valence-corrected chi connectivity index (χ4v) is 2.68. The van der Waals surface area contributed by atoms with Crippen LogP contribution in [0.3, 0.4) is 0 Å². The molecule has 0 amide bonds. The van der Waals surface area contributed by atoms with Crippen molar-refractivity contribution in [3.05, 3.63) is 29.8 Å². The second kappa shape index (κ2) is 6.76. The number of anilines is 1. The molecule has 1 atom stereocenters. The zero-order chi connectivity index (χ0) is 12.8. The van der Waals surface area contributed by atoms with Gasteiger partial charge in [0.05, 0.1) is 6.61 Å². The highest BCUT2D eigenvalue weighted by atomic mass is 16.5. The Bertz CT molecular complexity index is 365.